The molecule has 0 fully saturated rings. The molecular formula is C18H16N4. The minimum Gasteiger partial charge on any atom is -0.347 e. The third-order valence-corrected chi connectivity index (χ3v) is 3.51. The lowest BCUT2D eigenvalue weighted by Gasteiger charge is -2.07. The molecule has 0 aliphatic rings. The van der Waals surface area contributed by atoms with E-state index < -0.39 is 0 Å². The van der Waals surface area contributed by atoms with Crippen molar-refractivity contribution in [2.45, 2.75) is 13.1 Å². The molecule has 0 radical (unpaired) electrons. The van der Waals surface area contributed by atoms with Crippen LogP contribution in [0.15, 0.2) is 61.1 Å². The Labute approximate surface area is 129 Å². The predicted molar refractivity (Wildman–Crippen MR) is 85.7 cm³/mol. The molecule has 4 heteroatoms. The van der Waals surface area contributed by atoms with E-state index in [4.69, 9.17) is 0 Å². The van der Waals surface area contributed by atoms with Gasteiger partial charge in [0.1, 0.15) is 0 Å². The molecule has 108 valence electrons. The van der Waals surface area contributed by atoms with Gasteiger partial charge in [0.05, 0.1) is 18.0 Å². The molecule has 2 N–H and O–H groups in total. The van der Waals surface area contributed by atoms with Gasteiger partial charge >= 0.3 is 0 Å². The minimum atomic E-state index is 0.701. The first-order valence-electron chi connectivity index (χ1n) is 7.13. The number of benzene rings is 2. The number of aromatic amines is 1. The molecule has 0 saturated carbocycles. The van der Waals surface area contributed by atoms with E-state index in [9.17, 15) is 5.26 Å². The molecule has 4 nitrogen and oxygen atoms in total. The van der Waals surface area contributed by atoms with Gasteiger partial charge in [-0.3, -0.25) is 0 Å². The lowest BCUT2D eigenvalue weighted by Crippen LogP contribution is -2.12. The number of nitrogens with zero attached hydrogens (tertiary/aromatic N) is 2. The topological polar surface area (TPSA) is 64.5 Å². The molecule has 0 saturated heterocycles. The van der Waals surface area contributed by atoms with E-state index >= 15 is 0 Å². The van der Waals surface area contributed by atoms with Crippen LogP contribution >= 0.6 is 0 Å². The zero-order valence-electron chi connectivity index (χ0n) is 12.1. The molecular weight excluding hydrogens is 272 g/mol. The monoisotopic (exact) mass is 288 g/mol. The fraction of sp³-hybridized carbons (Fsp3) is 0.111. The molecule has 22 heavy (non-hydrogen) atoms. The SMILES string of the molecule is N#Cc1ccccc1-c1ccc(CNCc2cnc[nH]2)cc1. The smallest absolute Gasteiger partial charge is 0.0998 e. The Kier molecular flexibility index (Phi) is 4.28. The Balaban J connectivity index is 1.66. The second-order valence-corrected chi connectivity index (χ2v) is 5.03. The summed E-state index contributed by atoms with van der Waals surface area (Å²) in [5.41, 5.74) is 5.02. The Morgan fingerprint density at radius 2 is 1.86 bits per heavy atom. The molecule has 1 heterocycles. The number of nitriles is 1. The highest BCUT2D eigenvalue weighted by Crippen LogP contribution is 2.23. The van der Waals surface area contributed by atoms with E-state index in [1.165, 1.54) is 5.56 Å². The molecule has 0 aliphatic carbocycles. The predicted octanol–water partition coefficient (Wildman–Crippen LogP) is 3.24. The van der Waals surface area contributed by atoms with Crippen LogP contribution in [0.5, 0.6) is 0 Å². The summed E-state index contributed by atoms with van der Waals surface area (Å²) in [5.74, 6) is 0. The van der Waals surface area contributed by atoms with Crippen LogP contribution in [0.25, 0.3) is 11.1 Å². The van der Waals surface area contributed by atoms with Gasteiger partial charge in [-0.2, -0.15) is 5.26 Å². The van der Waals surface area contributed by atoms with E-state index in [1.807, 2.05) is 30.5 Å². The van der Waals surface area contributed by atoms with Crippen LogP contribution in [0.2, 0.25) is 0 Å². The van der Waals surface area contributed by atoms with Gasteiger partial charge in [0.2, 0.25) is 0 Å². The van der Waals surface area contributed by atoms with Crippen molar-refractivity contribution < 1.29 is 0 Å². The van der Waals surface area contributed by atoms with Gasteiger partial charge in [0.25, 0.3) is 0 Å². The molecule has 2 aromatic carbocycles. The van der Waals surface area contributed by atoms with Gasteiger partial charge < -0.3 is 10.3 Å². The quantitative estimate of drug-likeness (QED) is 0.757. The summed E-state index contributed by atoms with van der Waals surface area (Å²) >= 11 is 0. The second-order valence-electron chi connectivity index (χ2n) is 5.03. The first-order chi connectivity index (χ1) is 10.9. The van der Waals surface area contributed by atoms with Crippen molar-refractivity contribution >= 4 is 0 Å². The van der Waals surface area contributed by atoms with Crippen molar-refractivity contribution in [1.82, 2.24) is 15.3 Å². The van der Waals surface area contributed by atoms with Gasteiger partial charge in [0.15, 0.2) is 0 Å². The Hall–Kier alpha value is -2.90. The number of hydrogen-bond acceptors (Lipinski definition) is 3. The van der Waals surface area contributed by atoms with Crippen LogP contribution in [0, 0.1) is 11.3 Å². The zero-order chi connectivity index (χ0) is 15.2. The number of hydrogen-bond donors (Lipinski definition) is 2. The zero-order valence-corrected chi connectivity index (χ0v) is 12.1. The first kappa shape index (κ1) is 14.1. The van der Waals surface area contributed by atoms with Crippen molar-refractivity contribution in [2.75, 3.05) is 0 Å². The molecule has 0 spiro atoms. The highest BCUT2D eigenvalue weighted by atomic mass is 14.9. The Morgan fingerprint density at radius 1 is 1.05 bits per heavy atom. The largest absolute Gasteiger partial charge is 0.347 e. The summed E-state index contributed by atoms with van der Waals surface area (Å²) in [6.07, 6.45) is 3.49. The molecule has 0 aliphatic heterocycles. The van der Waals surface area contributed by atoms with E-state index in [1.54, 1.807) is 6.33 Å². The lowest BCUT2D eigenvalue weighted by molar-refractivity contribution is 0.682. The first-order valence-corrected chi connectivity index (χ1v) is 7.13. The molecule has 0 unspecified atom stereocenters. The highest BCUT2D eigenvalue weighted by Gasteiger charge is 2.03. The number of imidazole rings is 1. The van der Waals surface area contributed by atoms with Crippen molar-refractivity contribution in [2.24, 2.45) is 0 Å². The van der Waals surface area contributed by atoms with Gasteiger partial charge in [-0.1, -0.05) is 42.5 Å². The van der Waals surface area contributed by atoms with Crippen molar-refractivity contribution in [3.63, 3.8) is 0 Å². The molecule has 0 amide bonds. The third kappa shape index (κ3) is 3.22. The third-order valence-electron chi connectivity index (χ3n) is 3.51. The maximum atomic E-state index is 9.17. The average Bonchev–Trinajstić information content (AvgIpc) is 3.09. The van der Waals surface area contributed by atoms with Crippen LogP contribution in [0.4, 0.5) is 0 Å². The van der Waals surface area contributed by atoms with Gasteiger partial charge in [-0.25, -0.2) is 4.98 Å². The van der Waals surface area contributed by atoms with E-state index in [0.717, 1.165) is 29.9 Å². The van der Waals surface area contributed by atoms with Gasteiger partial charge in [-0.15, -0.1) is 0 Å². The summed E-state index contributed by atoms with van der Waals surface area (Å²) in [7, 11) is 0. The summed E-state index contributed by atoms with van der Waals surface area (Å²) in [6.45, 7) is 1.55. The van der Waals surface area contributed by atoms with Crippen LogP contribution < -0.4 is 5.32 Å². The van der Waals surface area contributed by atoms with E-state index in [-0.39, 0.29) is 0 Å². The molecule has 1 aromatic heterocycles. The molecule has 0 bridgehead atoms. The van der Waals surface area contributed by atoms with Crippen molar-refractivity contribution in [1.29, 1.82) is 5.26 Å². The van der Waals surface area contributed by atoms with Crippen LogP contribution in [-0.4, -0.2) is 9.97 Å². The summed E-state index contributed by atoms with van der Waals surface area (Å²) in [4.78, 5) is 7.05. The summed E-state index contributed by atoms with van der Waals surface area (Å²) in [5, 5.41) is 12.5. The summed E-state index contributed by atoms with van der Waals surface area (Å²) in [6, 6.07) is 18.2. The Morgan fingerprint density at radius 3 is 2.59 bits per heavy atom. The van der Waals surface area contributed by atoms with Crippen LogP contribution in [-0.2, 0) is 13.1 Å². The van der Waals surface area contributed by atoms with Gasteiger partial charge in [0, 0.05) is 25.0 Å². The fourth-order valence-corrected chi connectivity index (χ4v) is 2.36. The minimum absolute atomic E-state index is 0.701. The van der Waals surface area contributed by atoms with Crippen LogP contribution in [0.1, 0.15) is 16.8 Å². The van der Waals surface area contributed by atoms with Crippen molar-refractivity contribution in [3.05, 3.63) is 77.9 Å². The molecule has 3 aromatic rings. The van der Waals surface area contributed by atoms with Gasteiger partial charge in [-0.05, 0) is 22.8 Å². The number of H-pyrrole nitrogens is 1. The van der Waals surface area contributed by atoms with E-state index in [2.05, 4.69) is 45.6 Å². The number of rotatable bonds is 5. The van der Waals surface area contributed by atoms with Crippen molar-refractivity contribution in [3.8, 4) is 17.2 Å². The van der Waals surface area contributed by atoms with Crippen LogP contribution in [0.3, 0.4) is 0 Å². The Bertz CT molecular complexity index is 768. The van der Waals surface area contributed by atoms with E-state index in [0.29, 0.717) is 5.56 Å². The lowest BCUT2D eigenvalue weighted by atomic mass is 9.99. The maximum Gasteiger partial charge on any atom is 0.0998 e. The molecule has 0 atom stereocenters. The fourth-order valence-electron chi connectivity index (χ4n) is 2.36. The highest BCUT2D eigenvalue weighted by molar-refractivity contribution is 5.70. The summed E-state index contributed by atoms with van der Waals surface area (Å²) < 4.78 is 0. The average molecular weight is 288 g/mol. The maximum absolute atomic E-state index is 9.17. The standard InChI is InChI=1S/C18H16N4/c19-9-16-3-1-2-4-18(16)15-7-5-14(6-8-15)10-20-11-17-12-21-13-22-17/h1-8,12-13,20H,10-11H2,(H,21,22). The second kappa shape index (κ2) is 6.70. The normalized spacial score (nSPS) is 10.3. The molecule has 3 rings (SSSR count). The number of nitrogens with one attached hydrogen (secondary N) is 2. The number of aromatic nitrogens is 2.